The maximum Gasteiger partial charge on any atom is 0.291 e. The smallest absolute Gasteiger partial charge is 0.291 e. The van der Waals surface area contributed by atoms with Crippen LogP contribution in [0.4, 0.5) is 0 Å². The number of hydrogen-bond acceptors (Lipinski definition) is 3. The fraction of sp³-hybridized carbons (Fsp3) is 0.800. The van der Waals surface area contributed by atoms with E-state index in [0.29, 0.717) is 5.92 Å². The molecule has 2 rings (SSSR count). The van der Waals surface area contributed by atoms with Gasteiger partial charge in [0.2, 0.25) is 5.82 Å². The summed E-state index contributed by atoms with van der Waals surface area (Å²) in [6.45, 7) is 8.21. The molecule has 1 fully saturated rings. The topological polar surface area (TPSA) is 70.7 Å². The summed E-state index contributed by atoms with van der Waals surface area (Å²) in [5, 5.41) is 9.94. The number of aromatic amines is 1. The zero-order chi connectivity index (χ0) is 14.8. The predicted octanol–water partition coefficient (Wildman–Crippen LogP) is 2.80. The maximum absolute atomic E-state index is 12.2. The monoisotopic (exact) mass is 278 g/mol. The summed E-state index contributed by atoms with van der Waals surface area (Å²) >= 11 is 0. The van der Waals surface area contributed by atoms with Crippen molar-refractivity contribution in [3.05, 3.63) is 11.6 Å². The molecule has 112 valence electrons. The Morgan fingerprint density at radius 1 is 1.30 bits per heavy atom. The zero-order valence-electron chi connectivity index (χ0n) is 13.0. The lowest BCUT2D eigenvalue weighted by atomic mass is 9.84. The van der Waals surface area contributed by atoms with E-state index in [1.165, 1.54) is 32.1 Å². The minimum Gasteiger partial charge on any atom is -0.347 e. The van der Waals surface area contributed by atoms with Gasteiger partial charge >= 0.3 is 0 Å². The molecule has 1 atom stereocenters. The van der Waals surface area contributed by atoms with Gasteiger partial charge in [0, 0.05) is 11.5 Å². The minimum atomic E-state index is -0.171. The van der Waals surface area contributed by atoms with Gasteiger partial charge in [-0.3, -0.25) is 9.89 Å². The van der Waals surface area contributed by atoms with Crippen molar-refractivity contribution in [3.8, 4) is 0 Å². The average molecular weight is 278 g/mol. The fourth-order valence-corrected chi connectivity index (χ4v) is 2.72. The third-order valence-corrected chi connectivity index (χ3v) is 4.11. The fourth-order valence-electron chi connectivity index (χ4n) is 2.72. The summed E-state index contributed by atoms with van der Waals surface area (Å²) in [5.41, 5.74) is -0.124. The first-order chi connectivity index (χ1) is 9.38. The first-order valence-electron chi connectivity index (χ1n) is 7.61. The van der Waals surface area contributed by atoms with E-state index < -0.39 is 0 Å². The van der Waals surface area contributed by atoms with Crippen LogP contribution in [-0.4, -0.2) is 27.1 Å². The highest BCUT2D eigenvalue weighted by molar-refractivity contribution is 5.90. The Bertz CT molecular complexity index is 455. The number of carbonyl (C=O) groups is 1. The van der Waals surface area contributed by atoms with Crippen LogP contribution in [0.25, 0.3) is 0 Å². The maximum atomic E-state index is 12.2. The molecular weight excluding hydrogens is 252 g/mol. The van der Waals surface area contributed by atoms with Crippen LogP contribution in [-0.2, 0) is 5.41 Å². The molecule has 5 nitrogen and oxygen atoms in total. The Morgan fingerprint density at radius 2 is 1.95 bits per heavy atom. The third kappa shape index (κ3) is 3.58. The molecule has 1 aliphatic rings. The Kier molecular flexibility index (Phi) is 4.45. The number of amides is 1. The molecular formula is C15H26N4O. The van der Waals surface area contributed by atoms with Crippen molar-refractivity contribution in [1.82, 2.24) is 20.5 Å². The van der Waals surface area contributed by atoms with Gasteiger partial charge in [-0.15, -0.1) is 5.10 Å². The van der Waals surface area contributed by atoms with E-state index in [9.17, 15) is 4.79 Å². The third-order valence-electron chi connectivity index (χ3n) is 4.11. The second-order valence-electron chi connectivity index (χ2n) is 6.92. The number of rotatable bonds is 3. The Hall–Kier alpha value is -1.39. The number of hydrogen-bond donors (Lipinski definition) is 2. The van der Waals surface area contributed by atoms with Crippen LogP contribution in [0.1, 0.15) is 76.2 Å². The second-order valence-corrected chi connectivity index (χ2v) is 6.92. The molecule has 0 spiro atoms. The lowest BCUT2D eigenvalue weighted by Gasteiger charge is -2.27. The van der Waals surface area contributed by atoms with Crippen molar-refractivity contribution in [2.45, 2.75) is 71.3 Å². The van der Waals surface area contributed by atoms with Gasteiger partial charge in [-0.25, -0.2) is 4.98 Å². The number of aromatic nitrogens is 3. The Labute approximate surface area is 120 Å². The van der Waals surface area contributed by atoms with Gasteiger partial charge < -0.3 is 5.32 Å². The second kappa shape index (κ2) is 5.94. The van der Waals surface area contributed by atoms with Gasteiger partial charge in [-0.05, 0) is 25.7 Å². The molecule has 1 amide bonds. The van der Waals surface area contributed by atoms with E-state index >= 15 is 0 Å². The van der Waals surface area contributed by atoms with Crippen LogP contribution in [0.2, 0.25) is 0 Å². The summed E-state index contributed by atoms with van der Waals surface area (Å²) in [7, 11) is 0. The van der Waals surface area contributed by atoms with Crippen LogP contribution < -0.4 is 5.32 Å². The van der Waals surface area contributed by atoms with Crippen LogP contribution in [0.15, 0.2) is 0 Å². The number of nitrogens with zero attached hydrogens (tertiary/aromatic N) is 2. The van der Waals surface area contributed by atoms with Crippen molar-refractivity contribution in [2.24, 2.45) is 5.92 Å². The lowest BCUT2D eigenvalue weighted by molar-refractivity contribution is 0.0909. The van der Waals surface area contributed by atoms with Crippen molar-refractivity contribution in [3.63, 3.8) is 0 Å². The number of H-pyrrole nitrogens is 1. The Balaban J connectivity index is 1.95. The predicted molar refractivity (Wildman–Crippen MR) is 78.6 cm³/mol. The van der Waals surface area contributed by atoms with Crippen molar-refractivity contribution < 1.29 is 4.79 Å². The van der Waals surface area contributed by atoms with E-state index in [0.717, 1.165) is 5.82 Å². The molecule has 1 aliphatic carbocycles. The highest BCUT2D eigenvalue weighted by Crippen LogP contribution is 2.26. The highest BCUT2D eigenvalue weighted by Gasteiger charge is 2.25. The van der Waals surface area contributed by atoms with E-state index in [4.69, 9.17) is 0 Å². The van der Waals surface area contributed by atoms with Gasteiger partial charge in [-0.2, -0.15) is 0 Å². The van der Waals surface area contributed by atoms with E-state index in [2.05, 4.69) is 27.4 Å². The van der Waals surface area contributed by atoms with Gasteiger partial charge in [0.15, 0.2) is 0 Å². The normalized spacial score (nSPS) is 18.8. The quantitative estimate of drug-likeness (QED) is 0.893. The molecule has 0 aliphatic heterocycles. The molecule has 0 saturated heterocycles. The largest absolute Gasteiger partial charge is 0.347 e. The molecule has 1 saturated carbocycles. The number of nitrogens with one attached hydrogen (secondary N) is 2. The van der Waals surface area contributed by atoms with Crippen LogP contribution >= 0.6 is 0 Å². The molecule has 1 unspecified atom stereocenters. The lowest BCUT2D eigenvalue weighted by Crippen LogP contribution is -2.39. The molecule has 1 aromatic heterocycles. The van der Waals surface area contributed by atoms with Gasteiger partial charge in [-0.1, -0.05) is 40.0 Å². The van der Waals surface area contributed by atoms with Crippen molar-refractivity contribution >= 4 is 5.91 Å². The van der Waals surface area contributed by atoms with Gasteiger partial charge in [0.25, 0.3) is 5.91 Å². The minimum absolute atomic E-state index is 0.124. The van der Waals surface area contributed by atoms with E-state index in [1.807, 2.05) is 20.8 Å². The van der Waals surface area contributed by atoms with Gasteiger partial charge in [0.1, 0.15) is 5.82 Å². The standard InChI is InChI=1S/C15H26N4O/c1-10(11-8-6-5-7-9-11)16-13(20)12-17-14(19-18-12)15(2,3)4/h10-11H,5-9H2,1-4H3,(H,16,20)(H,17,18,19). The first-order valence-corrected chi connectivity index (χ1v) is 7.61. The van der Waals surface area contributed by atoms with Crippen molar-refractivity contribution in [2.75, 3.05) is 0 Å². The van der Waals surface area contributed by atoms with E-state index in [1.54, 1.807) is 0 Å². The molecule has 5 heteroatoms. The molecule has 0 bridgehead atoms. The van der Waals surface area contributed by atoms with Crippen LogP contribution in [0.5, 0.6) is 0 Å². The molecule has 1 aromatic rings. The van der Waals surface area contributed by atoms with E-state index in [-0.39, 0.29) is 23.2 Å². The van der Waals surface area contributed by atoms with Crippen molar-refractivity contribution in [1.29, 1.82) is 0 Å². The zero-order valence-corrected chi connectivity index (χ0v) is 13.0. The summed E-state index contributed by atoms with van der Waals surface area (Å²) in [4.78, 5) is 16.5. The van der Waals surface area contributed by atoms with Gasteiger partial charge in [0.05, 0.1) is 0 Å². The average Bonchev–Trinajstić information content (AvgIpc) is 2.89. The molecule has 20 heavy (non-hydrogen) atoms. The SMILES string of the molecule is CC(NC(=O)c1n[nH]c(C(C)(C)C)n1)C1CCCCC1. The molecule has 2 N–H and O–H groups in total. The van der Waals surface area contributed by atoms with Crippen LogP contribution in [0, 0.1) is 5.92 Å². The molecule has 0 aromatic carbocycles. The summed E-state index contributed by atoms with van der Waals surface area (Å²) in [6.07, 6.45) is 6.30. The molecule has 0 radical (unpaired) electrons. The summed E-state index contributed by atoms with van der Waals surface area (Å²) in [5.74, 6) is 1.41. The molecule has 1 heterocycles. The highest BCUT2D eigenvalue weighted by atomic mass is 16.2. The first kappa shape index (κ1) is 15.0. The Morgan fingerprint density at radius 3 is 2.50 bits per heavy atom. The number of carbonyl (C=O) groups excluding carboxylic acids is 1. The summed E-state index contributed by atoms with van der Waals surface area (Å²) < 4.78 is 0. The van der Waals surface area contributed by atoms with Crippen LogP contribution in [0.3, 0.4) is 0 Å². The summed E-state index contributed by atoms with van der Waals surface area (Å²) in [6, 6.07) is 0.194.